The quantitative estimate of drug-likeness (QED) is 0.761. The van der Waals surface area contributed by atoms with Crippen molar-refractivity contribution in [2.45, 2.75) is 51.6 Å². The Morgan fingerprint density at radius 2 is 1.80 bits per heavy atom. The van der Waals surface area contributed by atoms with Crippen LogP contribution in [-0.4, -0.2) is 47.3 Å². The Kier molecular flexibility index (Phi) is 6.85. The van der Waals surface area contributed by atoms with E-state index in [9.17, 15) is 9.59 Å². The third-order valence-corrected chi connectivity index (χ3v) is 7.16. The minimum absolute atomic E-state index is 0.0314. The minimum Gasteiger partial charge on any atom is -0.326 e. The van der Waals surface area contributed by atoms with E-state index >= 15 is 0 Å². The first kappa shape index (κ1) is 21.1. The zero-order valence-electron chi connectivity index (χ0n) is 17.7. The van der Waals surface area contributed by atoms with Crippen LogP contribution in [0.2, 0.25) is 0 Å². The number of hydrogen-bond acceptors (Lipinski definition) is 4. The van der Waals surface area contributed by atoms with Crippen LogP contribution in [0, 0.1) is 5.92 Å². The minimum atomic E-state index is -0.400. The van der Waals surface area contributed by atoms with Crippen molar-refractivity contribution in [2.24, 2.45) is 5.92 Å². The lowest BCUT2D eigenvalue weighted by atomic mass is 9.99. The van der Waals surface area contributed by atoms with Gasteiger partial charge in [0.05, 0.1) is 4.88 Å². The molecule has 2 saturated heterocycles. The van der Waals surface area contributed by atoms with Crippen LogP contribution in [-0.2, 0) is 11.3 Å². The molecular formula is C24H31N3O2S. The maximum Gasteiger partial charge on any atom is 0.264 e. The number of carbonyl (C=O) groups is 2. The van der Waals surface area contributed by atoms with E-state index in [2.05, 4.69) is 29.3 Å². The lowest BCUT2D eigenvalue weighted by molar-refractivity contribution is -0.121. The van der Waals surface area contributed by atoms with E-state index in [4.69, 9.17) is 0 Å². The molecule has 2 amide bonds. The lowest BCUT2D eigenvalue weighted by Crippen LogP contribution is -2.49. The number of likely N-dealkylation sites (tertiary alicyclic amines) is 2. The van der Waals surface area contributed by atoms with E-state index in [1.165, 1.54) is 29.7 Å². The molecule has 1 N–H and O–H groups in total. The predicted octanol–water partition coefficient (Wildman–Crippen LogP) is 4.61. The van der Waals surface area contributed by atoms with Gasteiger partial charge in [-0.3, -0.25) is 14.5 Å². The van der Waals surface area contributed by atoms with Gasteiger partial charge in [0, 0.05) is 18.8 Å². The van der Waals surface area contributed by atoms with Crippen LogP contribution in [0.4, 0.5) is 5.69 Å². The normalized spacial score (nSPS) is 20.8. The number of nitrogens with zero attached hydrogens (tertiary/aromatic N) is 2. The molecular weight excluding hydrogens is 394 g/mol. The number of piperidine rings is 2. The van der Waals surface area contributed by atoms with Crippen molar-refractivity contribution in [3.05, 3.63) is 52.2 Å². The van der Waals surface area contributed by atoms with Crippen LogP contribution >= 0.6 is 11.3 Å². The Labute approximate surface area is 183 Å². The van der Waals surface area contributed by atoms with Gasteiger partial charge in [-0.05, 0) is 80.3 Å². The molecule has 1 unspecified atom stereocenters. The monoisotopic (exact) mass is 425 g/mol. The van der Waals surface area contributed by atoms with E-state index in [1.54, 1.807) is 4.90 Å². The predicted molar refractivity (Wildman–Crippen MR) is 122 cm³/mol. The molecule has 3 heterocycles. The van der Waals surface area contributed by atoms with Gasteiger partial charge < -0.3 is 10.2 Å². The van der Waals surface area contributed by atoms with Crippen molar-refractivity contribution in [3.8, 4) is 0 Å². The van der Waals surface area contributed by atoms with Gasteiger partial charge in [-0.1, -0.05) is 25.1 Å². The van der Waals surface area contributed by atoms with Crippen LogP contribution in [0.5, 0.6) is 0 Å². The molecule has 2 aromatic rings. The van der Waals surface area contributed by atoms with Gasteiger partial charge in [0.1, 0.15) is 6.04 Å². The van der Waals surface area contributed by atoms with Gasteiger partial charge in [0.2, 0.25) is 5.91 Å². The van der Waals surface area contributed by atoms with Crippen molar-refractivity contribution < 1.29 is 9.59 Å². The largest absolute Gasteiger partial charge is 0.326 e. The molecule has 4 rings (SSSR count). The van der Waals surface area contributed by atoms with E-state index in [0.717, 1.165) is 44.1 Å². The smallest absolute Gasteiger partial charge is 0.264 e. The summed E-state index contributed by atoms with van der Waals surface area (Å²) in [6.45, 7) is 6.26. The summed E-state index contributed by atoms with van der Waals surface area (Å²) in [6.07, 6.45) is 5.19. The van der Waals surface area contributed by atoms with Crippen LogP contribution in [0.15, 0.2) is 41.8 Å². The summed E-state index contributed by atoms with van der Waals surface area (Å²) in [5.41, 5.74) is 2.07. The molecule has 0 radical (unpaired) electrons. The van der Waals surface area contributed by atoms with Crippen molar-refractivity contribution >= 4 is 28.8 Å². The van der Waals surface area contributed by atoms with E-state index in [0.29, 0.717) is 17.8 Å². The maximum absolute atomic E-state index is 13.0. The highest BCUT2D eigenvalue weighted by Crippen LogP contribution is 2.24. The molecule has 5 nitrogen and oxygen atoms in total. The van der Waals surface area contributed by atoms with Crippen LogP contribution < -0.4 is 5.32 Å². The number of hydrogen-bond donors (Lipinski definition) is 1. The number of rotatable bonds is 5. The molecule has 2 fully saturated rings. The van der Waals surface area contributed by atoms with Crippen LogP contribution in [0.3, 0.4) is 0 Å². The number of amides is 2. The Morgan fingerprint density at radius 3 is 2.50 bits per heavy atom. The number of nitrogens with one attached hydrogen (secondary N) is 1. The Morgan fingerprint density at radius 1 is 1.03 bits per heavy atom. The second kappa shape index (κ2) is 9.75. The Hall–Kier alpha value is -2.18. The summed E-state index contributed by atoms with van der Waals surface area (Å²) in [7, 11) is 0. The first-order valence-electron chi connectivity index (χ1n) is 11.1. The number of thiophene rings is 1. The van der Waals surface area contributed by atoms with Gasteiger partial charge >= 0.3 is 0 Å². The molecule has 1 atom stereocenters. The molecule has 0 spiro atoms. The van der Waals surface area contributed by atoms with Gasteiger partial charge in [-0.2, -0.15) is 0 Å². The number of anilines is 1. The summed E-state index contributed by atoms with van der Waals surface area (Å²) in [4.78, 5) is 30.8. The van der Waals surface area contributed by atoms with Crippen molar-refractivity contribution in [1.29, 1.82) is 0 Å². The average molecular weight is 426 g/mol. The zero-order valence-corrected chi connectivity index (χ0v) is 18.5. The third kappa shape index (κ3) is 5.10. The van der Waals surface area contributed by atoms with Crippen LogP contribution in [0.25, 0.3) is 0 Å². The molecule has 0 saturated carbocycles. The Bertz CT molecular complexity index is 842. The van der Waals surface area contributed by atoms with Gasteiger partial charge in [0.15, 0.2) is 0 Å². The second-order valence-electron chi connectivity index (χ2n) is 8.63. The van der Waals surface area contributed by atoms with Crippen molar-refractivity contribution in [3.63, 3.8) is 0 Å². The molecule has 30 heavy (non-hydrogen) atoms. The molecule has 2 aliphatic rings. The summed E-state index contributed by atoms with van der Waals surface area (Å²) >= 11 is 1.43. The fourth-order valence-electron chi connectivity index (χ4n) is 4.39. The molecule has 1 aromatic heterocycles. The topological polar surface area (TPSA) is 52.7 Å². The maximum atomic E-state index is 13.0. The summed E-state index contributed by atoms with van der Waals surface area (Å²) in [5, 5.41) is 4.94. The molecule has 1 aromatic carbocycles. The molecule has 160 valence electrons. The highest BCUT2D eigenvalue weighted by Gasteiger charge is 2.33. The van der Waals surface area contributed by atoms with Gasteiger partial charge in [0.25, 0.3) is 5.91 Å². The summed E-state index contributed by atoms with van der Waals surface area (Å²) < 4.78 is 0. The standard InChI is InChI=1S/C24H31N3O2S/c1-18-11-14-26(15-12-18)17-19-7-9-20(10-8-19)25-23(28)21-5-2-3-13-27(21)24(29)22-6-4-16-30-22/h4,6-10,16,18,21H,2-3,5,11-15,17H2,1H3,(H,25,28). The second-order valence-corrected chi connectivity index (χ2v) is 9.58. The first-order valence-corrected chi connectivity index (χ1v) is 11.9. The SMILES string of the molecule is CC1CCN(Cc2ccc(NC(=O)C3CCCCN3C(=O)c3cccs3)cc2)CC1. The summed E-state index contributed by atoms with van der Waals surface area (Å²) in [6, 6.07) is 11.5. The Balaban J connectivity index is 1.36. The van der Waals surface area contributed by atoms with Crippen molar-refractivity contribution in [1.82, 2.24) is 9.80 Å². The fourth-order valence-corrected chi connectivity index (χ4v) is 5.07. The van der Waals surface area contributed by atoms with E-state index < -0.39 is 6.04 Å². The number of benzene rings is 1. The highest BCUT2D eigenvalue weighted by molar-refractivity contribution is 7.12. The molecule has 0 aliphatic carbocycles. The van der Waals surface area contributed by atoms with E-state index in [1.807, 2.05) is 29.6 Å². The van der Waals surface area contributed by atoms with Gasteiger partial charge in [-0.15, -0.1) is 11.3 Å². The van der Waals surface area contributed by atoms with Crippen LogP contribution in [0.1, 0.15) is 54.3 Å². The van der Waals surface area contributed by atoms with Crippen molar-refractivity contribution in [2.75, 3.05) is 25.0 Å². The van der Waals surface area contributed by atoms with Gasteiger partial charge in [-0.25, -0.2) is 0 Å². The molecule has 0 bridgehead atoms. The molecule has 2 aliphatic heterocycles. The zero-order chi connectivity index (χ0) is 20.9. The highest BCUT2D eigenvalue weighted by atomic mass is 32.1. The fraction of sp³-hybridized carbons (Fsp3) is 0.500. The first-order chi connectivity index (χ1) is 14.6. The molecule has 6 heteroatoms. The lowest BCUT2D eigenvalue weighted by Gasteiger charge is -2.34. The third-order valence-electron chi connectivity index (χ3n) is 6.30. The average Bonchev–Trinajstić information content (AvgIpc) is 3.31. The summed E-state index contributed by atoms with van der Waals surface area (Å²) in [5.74, 6) is 0.721. The number of carbonyl (C=O) groups excluding carboxylic acids is 2. The van der Waals surface area contributed by atoms with E-state index in [-0.39, 0.29) is 11.8 Å².